The van der Waals surface area contributed by atoms with E-state index in [2.05, 4.69) is 10.6 Å². The highest BCUT2D eigenvalue weighted by Crippen LogP contribution is 2.13. The van der Waals surface area contributed by atoms with Gasteiger partial charge in [0.25, 0.3) is 11.8 Å². The highest BCUT2D eigenvalue weighted by atomic mass is 16.5. The van der Waals surface area contributed by atoms with E-state index in [1.165, 1.54) is 7.05 Å². The number of urea groups is 1. The van der Waals surface area contributed by atoms with Crippen LogP contribution in [0.4, 0.5) is 4.79 Å². The van der Waals surface area contributed by atoms with Crippen molar-refractivity contribution in [3.63, 3.8) is 0 Å². The number of hydrogen-bond donors (Lipinski definition) is 3. The van der Waals surface area contributed by atoms with Gasteiger partial charge in [-0.25, -0.2) is 9.59 Å². The molecule has 3 N–H and O–H groups in total. The summed E-state index contributed by atoms with van der Waals surface area (Å²) in [6.07, 6.45) is 0. The van der Waals surface area contributed by atoms with E-state index in [1.807, 2.05) is 12.2 Å². The number of esters is 1. The predicted molar refractivity (Wildman–Crippen MR) is 97.3 cm³/mol. The van der Waals surface area contributed by atoms with E-state index in [4.69, 9.17) is 9.47 Å². The molecule has 0 saturated heterocycles. The van der Waals surface area contributed by atoms with Gasteiger partial charge in [0.2, 0.25) is 0 Å². The number of carbonyl (C=O) groups is 4. The van der Waals surface area contributed by atoms with Crippen LogP contribution < -0.4 is 20.7 Å². The van der Waals surface area contributed by atoms with E-state index in [-0.39, 0.29) is 5.92 Å². The van der Waals surface area contributed by atoms with E-state index >= 15 is 0 Å². The number of benzene rings is 1. The van der Waals surface area contributed by atoms with Gasteiger partial charge in [-0.3, -0.25) is 14.9 Å². The Labute approximate surface area is 157 Å². The summed E-state index contributed by atoms with van der Waals surface area (Å²) in [4.78, 5) is 47.1. The summed E-state index contributed by atoms with van der Waals surface area (Å²) in [6, 6.07) is 4.82. The summed E-state index contributed by atoms with van der Waals surface area (Å²) < 4.78 is 10.2. The van der Waals surface area contributed by atoms with Gasteiger partial charge < -0.3 is 20.1 Å². The van der Waals surface area contributed by atoms with E-state index in [0.717, 1.165) is 0 Å². The summed E-state index contributed by atoms with van der Waals surface area (Å²) in [6.45, 7) is 5.20. The number of carbonyl (C=O) groups excluding carboxylic acids is 4. The van der Waals surface area contributed by atoms with Crippen LogP contribution in [0.5, 0.6) is 5.75 Å². The normalized spacial score (nSPS) is 11.3. The fourth-order valence-corrected chi connectivity index (χ4v) is 2.04. The first-order chi connectivity index (χ1) is 12.8. The van der Waals surface area contributed by atoms with Crippen LogP contribution in [-0.4, -0.2) is 50.1 Å². The zero-order valence-corrected chi connectivity index (χ0v) is 15.8. The first-order valence-corrected chi connectivity index (χ1v) is 8.50. The van der Waals surface area contributed by atoms with Gasteiger partial charge in [-0.15, -0.1) is 0 Å². The Bertz CT molecular complexity index is 672. The van der Waals surface area contributed by atoms with Crippen molar-refractivity contribution in [2.24, 2.45) is 5.92 Å². The standard InChI is InChI=1S/C18H25N3O6/c1-5-26-13-8-6-12(7-9-13)16(23)21-15(11(2)3)17(24)27-10-14(22)20-18(25)19-4/h6-9,11,15H,5,10H2,1-4H3,(H,21,23)(H2,19,20,22,25). The molecule has 1 unspecified atom stereocenters. The van der Waals surface area contributed by atoms with Crippen molar-refractivity contribution in [3.05, 3.63) is 29.8 Å². The summed E-state index contributed by atoms with van der Waals surface area (Å²) in [7, 11) is 1.35. The minimum Gasteiger partial charge on any atom is -0.494 e. The molecule has 0 heterocycles. The van der Waals surface area contributed by atoms with Gasteiger partial charge in [-0.1, -0.05) is 13.8 Å². The lowest BCUT2D eigenvalue weighted by Gasteiger charge is -2.20. The smallest absolute Gasteiger partial charge is 0.329 e. The van der Waals surface area contributed by atoms with Crippen LogP contribution in [0.15, 0.2) is 24.3 Å². The maximum atomic E-state index is 12.4. The van der Waals surface area contributed by atoms with Gasteiger partial charge in [0.05, 0.1) is 6.61 Å². The third-order valence-electron chi connectivity index (χ3n) is 3.46. The van der Waals surface area contributed by atoms with Crippen LogP contribution in [0.25, 0.3) is 0 Å². The molecule has 0 radical (unpaired) electrons. The van der Waals surface area contributed by atoms with E-state index in [9.17, 15) is 19.2 Å². The quantitative estimate of drug-likeness (QED) is 0.575. The molecule has 0 aliphatic carbocycles. The molecule has 4 amide bonds. The van der Waals surface area contributed by atoms with Crippen LogP contribution in [0.2, 0.25) is 0 Å². The van der Waals surface area contributed by atoms with Crippen LogP contribution in [0, 0.1) is 5.92 Å². The summed E-state index contributed by atoms with van der Waals surface area (Å²) in [5.74, 6) is -1.63. The second-order valence-electron chi connectivity index (χ2n) is 5.89. The minimum absolute atomic E-state index is 0.272. The van der Waals surface area contributed by atoms with E-state index < -0.39 is 36.5 Å². The molecule has 0 fully saturated rings. The molecule has 0 aromatic heterocycles. The molecule has 0 aliphatic heterocycles. The Morgan fingerprint density at radius 2 is 1.70 bits per heavy atom. The average molecular weight is 379 g/mol. The molecule has 0 saturated carbocycles. The van der Waals surface area contributed by atoms with Gasteiger partial charge in [0.1, 0.15) is 11.8 Å². The van der Waals surface area contributed by atoms with Crippen molar-refractivity contribution in [2.45, 2.75) is 26.8 Å². The molecule has 1 aromatic carbocycles. The number of ether oxygens (including phenoxy) is 2. The maximum Gasteiger partial charge on any atom is 0.329 e. The zero-order chi connectivity index (χ0) is 20.4. The number of imide groups is 1. The fraction of sp³-hybridized carbons (Fsp3) is 0.444. The van der Waals surface area contributed by atoms with Crippen molar-refractivity contribution in [1.82, 2.24) is 16.0 Å². The first kappa shape index (κ1) is 21.9. The summed E-state index contributed by atoms with van der Waals surface area (Å²) in [5, 5.41) is 6.77. The van der Waals surface area contributed by atoms with Gasteiger partial charge >= 0.3 is 12.0 Å². The van der Waals surface area contributed by atoms with Crippen LogP contribution in [0.1, 0.15) is 31.1 Å². The molecular formula is C18H25N3O6. The van der Waals surface area contributed by atoms with Crippen LogP contribution in [0.3, 0.4) is 0 Å². The van der Waals surface area contributed by atoms with Gasteiger partial charge in [-0.2, -0.15) is 0 Å². The third kappa shape index (κ3) is 7.35. The van der Waals surface area contributed by atoms with Gasteiger partial charge in [0.15, 0.2) is 6.61 Å². The monoisotopic (exact) mass is 379 g/mol. The molecule has 148 valence electrons. The lowest BCUT2D eigenvalue weighted by molar-refractivity contribution is -0.151. The Hall–Kier alpha value is -3.10. The average Bonchev–Trinajstić information content (AvgIpc) is 2.64. The Kier molecular flexibility index (Phi) is 8.77. The predicted octanol–water partition coefficient (Wildman–Crippen LogP) is 0.839. The number of amides is 4. The second kappa shape index (κ2) is 10.8. The van der Waals surface area contributed by atoms with Crippen molar-refractivity contribution in [2.75, 3.05) is 20.3 Å². The third-order valence-corrected chi connectivity index (χ3v) is 3.46. The highest BCUT2D eigenvalue weighted by molar-refractivity contribution is 5.98. The SMILES string of the molecule is CCOc1ccc(C(=O)NC(C(=O)OCC(=O)NC(=O)NC)C(C)C)cc1. The Morgan fingerprint density at radius 3 is 2.22 bits per heavy atom. The lowest BCUT2D eigenvalue weighted by Crippen LogP contribution is -2.46. The van der Waals surface area contributed by atoms with Crippen molar-refractivity contribution < 1.29 is 28.7 Å². The lowest BCUT2D eigenvalue weighted by atomic mass is 10.0. The highest BCUT2D eigenvalue weighted by Gasteiger charge is 2.27. The molecule has 1 atom stereocenters. The molecule has 9 heteroatoms. The van der Waals surface area contributed by atoms with E-state index in [0.29, 0.717) is 17.9 Å². The van der Waals surface area contributed by atoms with Gasteiger partial charge in [0, 0.05) is 12.6 Å². The van der Waals surface area contributed by atoms with Gasteiger partial charge in [-0.05, 0) is 37.1 Å². The summed E-state index contributed by atoms with van der Waals surface area (Å²) >= 11 is 0. The van der Waals surface area contributed by atoms with Crippen molar-refractivity contribution >= 4 is 23.8 Å². The molecule has 0 bridgehead atoms. The summed E-state index contributed by atoms with van der Waals surface area (Å²) in [5.41, 5.74) is 0.356. The topological polar surface area (TPSA) is 123 Å². The van der Waals surface area contributed by atoms with Crippen molar-refractivity contribution in [3.8, 4) is 5.75 Å². The van der Waals surface area contributed by atoms with E-state index in [1.54, 1.807) is 38.1 Å². The molecule has 0 aliphatic rings. The number of nitrogens with one attached hydrogen (secondary N) is 3. The molecule has 9 nitrogen and oxygen atoms in total. The zero-order valence-electron chi connectivity index (χ0n) is 15.8. The van der Waals surface area contributed by atoms with Crippen LogP contribution in [-0.2, 0) is 14.3 Å². The molecule has 1 aromatic rings. The van der Waals surface area contributed by atoms with Crippen molar-refractivity contribution in [1.29, 1.82) is 0 Å². The molecule has 1 rings (SSSR count). The first-order valence-electron chi connectivity index (χ1n) is 8.50. The minimum atomic E-state index is -0.947. The fourth-order valence-electron chi connectivity index (χ4n) is 2.04. The number of rotatable bonds is 8. The number of hydrogen-bond acceptors (Lipinski definition) is 6. The molecular weight excluding hydrogens is 354 g/mol. The Balaban J connectivity index is 2.66. The molecule has 27 heavy (non-hydrogen) atoms. The largest absolute Gasteiger partial charge is 0.494 e. The Morgan fingerprint density at radius 1 is 1.07 bits per heavy atom. The maximum absolute atomic E-state index is 12.4. The second-order valence-corrected chi connectivity index (χ2v) is 5.89. The molecule has 0 spiro atoms. The van der Waals surface area contributed by atoms with Crippen LogP contribution >= 0.6 is 0 Å².